The van der Waals surface area contributed by atoms with Crippen LogP contribution in [0.4, 0.5) is 0 Å². The minimum atomic E-state index is 0.116. The molecule has 0 unspecified atom stereocenters. The van der Waals surface area contributed by atoms with Crippen LogP contribution < -0.4 is 11.1 Å². The van der Waals surface area contributed by atoms with Gasteiger partial charge in [-0.25, -0.2) is 0 Å². The van der Waals surface area contributed by atoms with E-state index in [1.54, 1.807) is 0 Å². The summed E-state index contributed by atoms with van der Waals surface area (Å²) in [6.07, 6.45) is 9.04. The van der Waals surface area contributed by atoms with E-state index in [9.17, 15) is 4.79 Å². The van der Waals surface area contributed by atoms with Crippen molar-refractivity contribution in [1.82, 2.24) is 10.2 Å². The van der Waals surface area contributed by atoms with Gasteiger partial charge in [0, 0.05) is 18.5 Å². The van der Waals surface area contributed by atoms with E-state index in [0.29, 0.717) is 13.0 Å². The lowest BCUT2D eigenvalue weighted by Gasteiger charge is -2.41. The highest BCUT2D eigenvalue weighted by Crippen LogP contribution is 2.42. The van der Waals surface area contributed by atoms with Crippen LogP contribution >= 0.6 is 0 Å². The number of carbonyl (C=O) groups excluding carboxylic acids is 1. The van der Waals surface area contributed by atoms with Crippen molar-refractivity contribution >= 4 is 5.91 Å². The standard InChI is InChI=1S/C15H29N3O/c1-18(2)15(8-3-4-9-15)12-17-13(19)10-14(11-16)6-5-7-14/h3-12,16H2,1-2H3,(H,17,19). The van der Waals surface area contributed by atoms with Gasteiger partial charge in [-0.1, -0.05) is 19.3 Å². The molecule has 0 aromatic carbocycles. The highest BCUT2D eigenvalue weighted by Gasteiger charge is 2.39. The summed E-state index contributed by atoms with van der Waals surface area (Å²) in [7, 11) is 4.26. The Balaban J connectivity index is 1.82. The van der Waals surface area contributed by atoms with Gasteiger partial charge >= 0.3 is 0 Å². The number of hydrogen-bond donors (Lipinski definition) is 2. The van der Waals surface area contributed by atoms with Gasteiger partial charge in [-0.05, 0) is 51.7 Å². The van der Waals surface area contributed by atoms with Crippen LogP contribution in [0.1, 0.15) is 51.4 Å². The van der Waals surface area contributed by atoms with Gasteiger partial charge in [-0.15, -0.1) is 0 Å². The topological polar surface area (TPSA) is 58.4 Å². The van der Waals surface area contributed by atoms with Gasteiger partial charge in [0.2, 0.25) is 5.91 Å². The van der Waals surface area contributed by atoms with Crippen molar-refractivity contribution in [3.05, 3.63) is 0 Å². The number of nitrogens with two attached hydrogens (primary N) is 1. The summed E-state index contributed by atoms with van der Waals surface area (Å²) in [5, 5.41) is 3.17. The zero-order valence-corrected chi connectivity index (χ0v) is 12.5. The first-order chi connectivity index (χ1) is 9.02. The van der Waals surface area contributed by atoms with Crippen LogP contribution in [0.3, 0.4) is 0 Å². The van der Waals surface area contributed by atoms with Gasteiger partial charge in [0.15, 0.2) is 0 Å². The average molecular weight is 267 g/mol. The molecule has 2 aliphatic carbocycles. The van der Waals surface area contributed by atoms with Crippen LogP contribution in [0, 0.1) is 5.41 Å². The van der Waals surface area contributed by atoms with E-state index in [4.69, 9.17) is 5.73 Å². The number of nitrogens with one attached hydrogen (secondary N) is 1. The monoisotopic (exact) mass is 267 g/mol. The number of carbonyl (C=O) groups is 1. The van der Waals surface area contributed by atoms with E-state index >= 15 is 0 Å². The third kappa shape index (κ3) is 3.11. The van der Waals surface area contributed by atoms with Gasteiger partial charge in [0.25, 0.3) is 0 Å². The molecule has 0 heterocycles. The highest BCUT2D eigenvalue weighted by molar-refractivity contribution is 5.77. The second-order valence-electron chi connectivity index (χ2n) is 6.84. The summed E-state index contributed by atoms with van der Waals surface area (Å²) in [5.74, 6) is 0.193. The second-order valence-corrected chi connectivity index (χ2v) is 6.84. The molecule has 0 aromatic rings. The van der Waals surface area contributed by atoms with Gasteiger partial charge in [-0.3, -0.25) is 4.79 Å². The molecule has 2 aliphatic rings. The number of hydrogen-bond acceptors (Lipinski definition) is 3. The fourth-order valence-corrected chi connectivity index (χ4v) is 3.61. The van der Waals surface area contributed by atoms with Crippen molar-refractivity contribution in [2.75, 3.05) is 27.2 Å². The van der Waals surface area contributed by atoms with E-state index in [0.717, 1.165) is 19.4 Å². The summed E-state index contributed by atoms with van der Waals surface area (Å²) in [6.45, 7) is 1.44. The molecule has 19 heavy (non-hydrogen) atoms. The molecule has 0 radical (unpaired) electrons. The van der Waals surface area contributed by atoms with E-state index in [2.05, 4.69) is 24.3 Å². The van der Waals surface area contributed by atoms with E-state index in [1.165, 1.54) is 32.1 Å². The molecule has 2 saturated carbocycles. The van der Waals surface area contributed by atoms with Crippen molar-refractivity contribution in [2.24, 2.45) is 11.1 Å². The lowest BCUT2D eigenvalue weighted by Crippen LogP contribution is -2.52. The summed E-state index contributed by atoms with van der Waals surface area (Å²) in [6, 6.07) is 0. The fraction of sp³-hybridized carbons (Fsp3) is 0.933. The second kappa shape index (κ2) is 5.80. The quantitative estimate of drug-likeness (QED) is 0.766. The van der Waals surface area contributed by atoms with Crippen LogP contribution in [-0.4, -0.2) is 43.5 Å². The molecule has 110 valence electrons. The molecule has 1 amide bonds. The van der Waals surface area contributed by atoms with Crippen LogP contribution in [0.25, 0.3) is 0 Å². The maximum absolute atomic E-state index is 12.1. The molecule has 0 bridgehead atoms. The first-order valence-electron chi connectivity index (χ1n) is 7.66. The lowest BCUT2D eigenvalue weighted by atomic mass is 9.66. The predicted molar refractivity (Wildman–Crippen MR) is 77.9 cm³/mol. The Morgan fingerprint density at radius 3 is 2.21 bits per heavy atom. The molecule has 4 nitrogen and oxygen atoms in total. The molecule has 0 saturated heterocycles. The minimum absolute atomic E-state index is 0.116. The Labute approximate surface area is 117 Å². The number of amides is 1. The zero-order chi connectivity index (χ0) is 13.9. The smallest absolute Gasteiger partial charge is 0.220 e. The predicted octanol–water partition coefficient (Wildman–Crippen LogP) is 1.50. The molecular weight excluding hydrogens is 238 g/mol. The summed E-state index contributed by atoms with van der Waals surface area (Å²) < 4.78 is 0. The van der Waals surface area contributed by atoms with Crippen molar-refractivity contribution in [2.45, 2.75) is 56.9 Å². The first kappa shape index (κ1) is 14.8. The van der Waals surface area contributed by atoms with Crippen LogP contribution in [0.2, 0.25) is 0 Å². The van der Waals surface area contributed by atoms with Crippen LogP contribution in [0.15, 0.2) is 0 Å². The van der Waals surface area contributed by atoms with E-state index in [-0.39, 0.29) is 16.9 Å². The molecule has 0 spiro atoms. The first-order valence-corrected chi connectivity index (χ1v) is 7.66. The largest absolute Gasteiger partial charge is 0.354 e. The average Bonchev–Trinajstić information content (AvgIpc) is 2.81. The van der Waals surface area contributed by atoms with Crippen molar-refractivity contribution in [3.8, 4) is 0 Å². The Morgan fingerprint density at radius 1 is 1.16 bits per heavy atom. The van der Waals surface area contributed by atoms with Gasteiger partial charge < -0.3 is 16.0 Å². The van der Waals surface area contributed by atoms with Gasteiger partial charge in [-0.2, -0.15) is 0 Å². The molecule has 3 N–H and O–H groups in total. The molecule has 2 fully saturated rings. The molecule has 2 rings (SSSR count). The summed E-state index contributed by atoms with van der Waals surface area (Å²) in [5.41, 5.74) is 6.12. The number of rotatable bonds is 6. The third-order valence-electron chi connectivity index (χ3n) is 5.48. The van der Waals surface area contributed by atoms with Crippen molar-refractivity contribution in [1.29, 1.82) is 0 Å². The lowest BCUT2D eigenvalue weighted by molar-refractivity contribution is -0.125. The fourth-order valence-electron chi connectivity index (χ4n) is 3.61. The molecule has 0 aliphatic heterocycles. The Kier molecular flexibility index (Phi) is 4.51. The molecule has 4 heteroatoms. The summed E-state index contributed by atoms with van der Waals surface area (Å²) >= 11 is 0. The van der Waals surface area contributed by atoms with E-state index < -0.39 is 0 Å². The SMILES string of the molecule is CN(C)C1(CNC(=O)CC2(CN)CCC2)CCCC1. The Hall–Kier alpha value is -0.610. The number of likely N-dealkylation sites (N-methyl/N-ethyl adjacent to an activating group) is 1. The normalized spacial score (nSPS) is 24.2. The molecular formula is C15H29N3O. The Morgan fingerprint density at radius 2 is 1.79 bits per heavy atom. The summed E-state index contributed by atoms with van der Waals surface area (Å²) in [4.78, 5) is 14.4. The van der Waals surface area contributed by atoms with Gasteiger partial charge in [0.1, 0.15) is 0 Å². The van der Waals surface area contributed by atoms with Crippen LogP contribution in [0.5, 0.6) is 0 Å². The zero-order valence-electron chi connectivity index (χ0n) is 12.5. The van der Waals surface area contributed by atoms with Crippen LogP contribution in [-0.2, 0) is 4.79 Å². The highest BCUT2D eigenvalue weighted by atomic mass is 16.1. The maximum Gasteiger partial charge on any atom is 0.220 e. The molecule has 0 aromatic heterocycles. The minimum Gasteiger partial charge on any atom is -0.354 e. The van der Waals surface area contributed by atoms with Crippen molar-refractivity contribution in [3.63, 3.8) is 0 Å². The Bertz CT molecular complexity index is 312. The molecule has 0 atom stereocenters. The van der Waals surface area contributed by atoms with Crippen molar-refractivity contribution < 1.29 is 4.79 Å². The third-order valence-corrected chi connectivity index (χ3v) is 5.48. The van der Waals surface area contributed by atoms with Gasteiger partial charge in [0.05, 0.1) is 0 Å². The number of nitrogens with zero attached hydrogens (tertiary/aromatic N) is 1. The maximum atomic E-state index is 12.1. The van der Waals surface area contributed by atoms with E-state index in [1.807, 2.05) is 0 Å².